The molecule has 1 fully saturated rings. The van der Waals surface area contributed by atoms with Crippen LogP contribution in [-0.4, -0.2) is 48.1 Å². The Morgan fingerprint density at radius 3 is 2.87 bits per heavy atom. The van der Waals surface area contributed by atoms with Crippen molar-refractivity contribution in [2.45, 2.75) is 19.4 Å². The maximum atomic E-state index is 4.45. The quantitative estimate of drug-likeness (QED) is 0.720. The molecule has 0 aliphatic carbocycles. The molecule has 0 N–H and O–H groups in total. The Kier molecular flexibility index (Phi) is 2.86. The minimum absolute atomic E-state index is 0.633. The van der Waals surface area contributed by atoms with Crippen molar-refractivity contribution in [3.63, 3.8) is 0 Å². The Labute approximate surface area is 90.9 Å². The van der Waals surface area contributed by atoms with Gasteiger partial charge in [0.05, 0.1) is 0 Å². The van der Waals surface area contributed by atoms with E-state index in [0.29, 0.717) is 6.04 Å². The molecule has 0 spiro atoms. The summed E-state index contributed by atoms with van der Waals surface area (Å²) in [7, 11) is 4.26. The smallest absolute Gasteiger partial charge is 0.225 e. The van der Waals surface area contributed by atoms with Crippen LogP contribution in [0.1, 0.15) is 12.1 Å². The molecule has 0 saturated carbocycles. The van der Waals surface area contributed by atoms with Crippen LogP contribution >= 0.6 is 0 Å². The van der Waals surface area contributed by atoms with E-state index in [0.717, 1.165) is 24.7 Å². The summed E-state index contributed by atoms with van der Waals surface area (Å²) in [5, 5.41) is 0. The molecule has 0 radical (unpaired) electrons. The fraction of sp³-hybridized carbons (Fsp3) is 0.636. The minimum atomic E-state index is 0.633. The van der Waals surface area contributed by atoms with E-state index >= 15 is 0 Å². The molecule has 4 heteroatoms. The van der Waals surface area contributed by atoms with Crippen LogP contribution in [0.4, 0.5) is 5.95 Å². The van der Waals surface area contributed by atoms with Crippen LogP contribution in [0.15, 0.2) is 12.3 Å². The highest BCUT2D eigenvalue weighted by molar-refractivity contribution is 5.32. The second kappa shape index (κ2) is 4.14. The number of hydrogen-bond acceptors (Lipinski definition) is 4. The van der Waals surface area contributed by atoms with E-state index in [1.54, 1.807) is 0 Å². The molecule has 0 unspecified atom stereocenters. The van der Waals surface area contributed by atoms with Crippen molar-refractivity contribution in [1.82, 2.24) is 14.9 Å². The lowest BCUT2D eigenvalue weighted by molar-refractivity contribution is 0.315. The molecule has 0 bridgehead atoms. The Balaban J connectivity index is 2.08. The van der Waals surface area contributed by atoms with Gasteiger partial charge in [-0.2, -0.15) is 0 Å². The molecule has 0 aromatic carbocycles. The first kappa shape index (κ1) is 10.4. The van der Waals surface area contributed by atoms with Gasteiger partial charge in [0.1, 0.15) is 0 Å². The molecule has 82 valence electrons. The second-order valence-corrected chi connectivity index (χ2v) is 4.35. The van der Waals surface area contributed by atoms with Crippen molar-refractivity contribution >= 4 is 5.95 Å². The molecule has 1 atom stereocenters. The molecule has 4 nitrogen and oxygen atoms in total. The first-order chi connectivity index (χ1) is 7.16. The Bertz CT molecular complexity index is 337. The number of aryl methyl sites for hydroxylation is 1. The van der Waals surface area contributed by atoms with E-state index in [-0.39, 0.29) is 0 Å². The van der Waals surface area contributed by atoms with Crippen molar-refractivity contribution < 1.29 is 0 Å². The molecular weight excluding hydrogens is 188 g/mol. The van der Waals surface area contributed by atoms with Gasteiger partial charge in [-0.1, -0.05) is 0 Å². The third-order valence-corrected chi connectivity index (χ3v) is 2.96. The van der Waals surface area contributed by atoms with E-state index in [2.05, 4.69) is 33.9 Å². The monoisotopic (exact) mass is 206 g/mol. The van der Waals surface area contributed by atoms with Gasteiger partial charge >= 0.3 is 0 Å². The van der Waals surface area contributed by atoms with Gasteiger partial charge in [0.2, 0.25) is 5.95 Å². The van der Waals surface area contributed by atoms with Crippen molar-refractivity contribution in [2.24, 2.45) is 0 Å². The van der Waals surface area contributed by atoms with E-state index in [4.69, 9.17) is 0 Å². The summed E-state index contributed by atoms with van der Waals surface area (Å²) in [5.74, 6) is 0.874. The summed E-state index contributed by atoms with van der Waals surface area (Å²) in [6, 6.07) is 2.57. The summed E-state index contributed by atoms with van der Waals surface area (Å²) in [6.45, 7) is 4.10. The van der Waals surface area contributed by atoms with Gasteiger partial charge in [-0.05, 0) is 33.5 Å². The lowest BCUT2D eigenvalue weighted by atomic mass is 10.2. The topological polar surface area (TPSA) is 32.3 Å². The van der Waals surface area contributed by atoms with E-state index in [1.807, 2.05) is 19.2 Å². The minimum Gasteiger partial charge on any atom is -0.339 e. The molecule has 1 aliphatic rings. The van der Waals surface area contributed by atoms with Gasteiger partial charge in [-0.3, -0.25) is 0 Å². The van der Waals surface area contributed by atoms with Gasteiger partial charge in [0.25, 0.3) is 0 Å². The molecule has 15 heavy (non-hydrogen) atoms. The fourth-order valence-electron chi connectivity index (χ4n) is 1.93. The maximum absolute atomic E-state index is 4.45. The lowest BCUT2D eigenvalue weighted by Gasteiger charge is -2.20. The summed E-state index contributed by atoms with van der Waals surface area (Å²) in [6.07, 6.45) is 3.03. The third kappa shape index (κ3) is 2.26. The fourth-order valence-corrected chi connectivity index (χ4v) is 1.93. The van der Waals surface area contributed by atoms with Crippen LogP contribution in [0.3, 0.4) is 0 Å². The van der Waals surface area contributed by atoms with Crippen molar-refractivity contribution in [3.8, 4) is 0 Å². The van der Waals surface area contributed by atoms with E-state index in [1.165, 1.54) is 6.42 Å². The number of nitrogens with zero attached hydrogens (tertiary/aromatic N) is 4. The largest absolute Gasteiger partial charge is 0.339 e. The Morgan fingerprint density at radius 1 is 1.47 bits per heavy atom. The molecule has 1 aromatic heterocycles. The normalized spacial score (nSPS) is 21.3. The van der Waals surface area contributed by atoms with E-state index in [9.17, 15) is 0 Å². The van der Waals surface area contributed by atoms with Crippen molar-refractivity contribution in [3.05, 3.63) is 18.0 Å². The number of anilines is 1. The second-order valence-electron chi connectivity index (χ2n) is 4.35. The summed E-state index contributed by atoms with van der Waals surface area (Å²) < 4.78 is 0. The summed E-state index contributed by atoms with van der Waals surface area (Å²) in [4.78, 5) is 13.3. The molecule has 2 heterocycles. The van der Waals surface area contributed by atoms with Crippen LogP contribution < -0.4 is 4.90 Å². The predicted molar refractivity (Wildman–Crippen MR) is 61.1 cm³/mol. The average molecular weight is 206 g/mol. The van der Waals surface area contributed by atoms with Gasteiger partial charge in [0, 0.05) is 31.0 Å². The molecule has 1 aromatic rings. The Morgan fingerprint density at radius 2 is 2.27 bits per heavy atom. The lowest BCUT2D eigenvalue weighted by Crippen LogP contribution is -2.32. The molecule has 2 rings (SSSR count). The van der Waals surface area contributed by atoms with Gasteiger partial charge in [-0.25, -0.2) is 9.97 Å². The molecular formula is C11H18N4. The number of rotatable bonds is 2. The van der Waals surface area contributed by atoms with Crippen LogP contribution in [-0.2, 0) is 0 Å². The summed E-state index contributed by atoms with van der Waals surface area (Å²) >= 11 is 0. The van der Waals surface area contributed by atoms with Gasteiger partial charge < -0.3 is 9.80 Å². The van der Waals surface area contributed by atoms with Crippen LogP contribution in [0.5, 0.6) is 0 Å². The maximum Gasteiger partial charge on any atom is 0.225 e. The zero-order valence-electron chi connectivity index (χ0n) is 9.64. The Hall–Kier alpha value is -1.16. The molecule has 1 saturated heterocycles. The van der Waals surface area contributed by atoms with Crippen molar-refractivity contribution in [1.29, 1.82) is 0 Å². The SMILES string of the molecule is Cc1ccnc(N2CC[C@@H](N(C)C)C2)n1. The molecule has 1 aliphatic heterocycles. The van der Waals surface area contributed by atoms with Crippen LogP contribution in [0, 0.1) is 6.92 Å². The van der Waals surface area contributed by atoms with Gasteiger partial charge in [-0.15, -0.1) is 0 Å². The van der Waals surface area contributed by atoms with Crippen LogP contribution in [0.25, 0.3) is 0 Å². The zero-order chi connectivity index (χ0) is 10.8. The standard InChI is InChI=1S/C11H18N4/c1-9-4-6-12-11(13-9)15-7-5-10(8-15)14(2)3/h4,6,10H,5,7-8H2,1-3H3/t10-/m1/s1. The number of aromatic nitrogens is 2. The van der Waals surface area contributed by atoms with Gasteiger partial charge in [0.15, 0.2) is 0 Å². The highest BCUT2D eigenvalue weighted by atomic mass is 15.3. The number of likely N-dealkylation sites (N-methyl/N-ethyl adjacent to an activating group) is 1. The van der Waals surface area contributed by atoms with Crippen molar-refractivity contribution in [2.75, 3.05) is 32.1 Å². The first-order valence-electron chi connectivity index (χ1n) is 5.38. The average Bonchev–Trinajstić information content (AvgIpc) is 2.66. The van der Waals surface area contributed by atoms with Crippen LogP contribution in [0.2, 0.25) is 0 Å². The number of hydrogen-bond donors (Lipinski definition) is 0. The highest BCUT2D eigenvalue weighted by Gasteiger charge is 2.25. The molecule has 0 amide bonds. The van der Waals surface area contributed by atoms with E-state index < -0.39 is 0 Å². The highest BCUT2D eigenvalue weighted by Crippen LogP contribution is 2.18. The first-order valence-corrected chi connectivity index (χ1v) is 5.38. The third-order valence-electron chi connectivity index (χ3n) is 2.96. The zero-order valence-corrected chi connectivity index (χ0v) is 9.64. The summed E-state index contributed by atoms with van der Waals surface area (Å²) in [5.41, 5.74) is 1.04. The predicted octanol–water partition coefficient (Wildman–Crippen LogP) is 0.925.